The summed E-state index contributed by atoms with van der Waals surface area (Å²) >= 11 is 0. The number of likely N-dealkylation sites (tertiary alicyclic amines) is 1. The first-order chi connectivity index (χ1) is 10.2. The van der Waals surface area contributed by atoms with Gasteiger partial charge in [0.1, 0.15) is 0 Å². The maximum Gasteiger partial charge on any atom is 0.394 e. The molecule has 1 heterocycles. The molecule has 2 unspecified atom stereocenters. The minimum absolute atomic E-state index is 0.347. The first-order valence-corrected chi connectivity index (χ1v) is 6.98. The predicted octanol–water partition coefficient (Wildman–Crippen LogP) is 1.58. The number of nitriles is 1. The Morgan fingerprint density at radius 1 is 1.27 bits per heavy atom. The second-order valence-corrected chi connectivity index (χ2v) is 5.72. The van der Waals surface area contributed by atoms with Crippen LogP contribution in [0, 0.1) is 29.1 Å². The lowest BCUT2D eigenvalue weighted by Crippen LogP contribution is -2.45. The Labute approximate surface area is 124 Å². The van der Waals surface area contributed by atoms with E-state index in [1.807, 2.05) is 0 Å². The van der Waals surface area contributed by atoms with Crippen molar-refractivity contribution in [3.05, 3.63) is 0 Å². The summed E-state index contributed by atoms with van der Waals surface area (Å²) in [7, 11) is 0. The van der Waals surface area contributed by atoms with Gasteiger partial charge in [-0.1, -0.05) is 0 Å². The van der Waals surface area contributed by atoms with Crippen molar-refractivity contribution in [3.8, 4) is 6.07 Å². The minimum atomic E-state index is -4.67. The molecule has 1 saturated carbocycles. The number of rotatable bonds is 2. The van der Waals surface area contributed by atoms with Crippen molar-refractivity contribution < 1.29 is 27.9 Å². The highest BCUT2D eigenvalue weighted by atomic mass is 19.4. The third kappa shape index (κ3) is 3.26. The molecule has 0 aromatic heterocycles. The predicted molar refractivity (Wildman–Crippen MR) is 67.5 cm³/mol. The van der Waals surface area contributed by atoms with Gasteiger partial charge in [0.15, 0.2) is 0 Å². The van der Waals surface area contributed by atoms with Crippen LogP contribution in [-0.4, -0.2) is 47.3 Å². The molecule has 1 aliphatic carbocycles. The Morgan fingerprint density at radius 2 is 1.95 bits per heavy atom. The smallest absolute Gasteiger partial charge is 0.394 e. The van der Waals surface area contributed by atoms with Gasteiger partial charge in [-0.25, -0.2) is 4.79 Å². The van der Waals surface area contributed by atoms with Gasteiger partial charge >= 0.3 is 18.2 Å². The number of carboxylic acid groups (broad SMARTS) is 1. The minimum Gasteiger partial charge on any atom is -0.481 e. The van der Waals surface area contributed by atoms with E-state index in [0.717, 1.165) is 11.3 Å². The van der Waals surface area contributed by atoms with Gasteiger partial charge in [0.25, 0.3) is 0 Å². The van der Waals surface area contributed by atoms with Gasteiger partial charge in [0.2, 0.25) is 0 Å². The number of carbonyl (C=O) groups is 2. The molecule has 6 nitrogen and oxygen atoms in total. The van der Waals surface area contributed by atoms with Crippen molar-refractivity contribution in [1.29, 1.82) is 5.26 Å². The Balaban J connectivity index is 2.02. The van der Waals surface area contributed by atoms with E-state index in [0.29, 0.717) is 12.8 Å². The van der Waals surface area contributed by atoms with Crippen molar-refractivity contribution >= 4 is 12.0 Å². The SMILES string of the molecule is N#CC1CCCC1NC(=O)N1C[C@@H](C(F)(F)F)[C@H](C(=O)O)C1. The van der Waals surface area contributed by atoms with Gasteiger partial charge in [-0.3, -0.25) is 4.79 Å². The van der Waals surface area contributed by atoms with Crippen LogP contribution in [0.2, 0.25) is 0 Å². The third-order valence-corrected chi connectivity index (χ3v) is 4.34. The van der Waals surface area contributed by atoms with Gasteiger partial charge in [-0.2, -0.15) is 18.4 Å². The van der Waals surface area contributed by atoms with E-state index in [-0.39, 0.29) is 12.0 Å². The van der Waals surface area contributed by atoms with Crippen LogP contribution in [0.15, 0.2) is 0 Å². The van der Waals surface area contributed by atoms with E-state index in [4.69, 9.17) is 10.4 Å². The molecule has 2 fully saturated rings. The molecule has 2 rings (SSSR count). The summed E-state index contributed by atoms with van der Waals surface area (Å²) in [5.41, 5.74) is 0. The third-order valence-electron chi connectivity index (χ3n) is 4.34. The van der Waals surface area contributed by atoms with Crippen LogP contribution in [0.4, 0.5) is 18.0 Å². The van der Waals surface area contributed by atoms with E-state index in [1.165, 1.54) is 0 Å². The first kappa shape index (κ1) is 16.4. The quantitative estimate of drug-likeness (QED) is 0.808. The van der Waals surface area contributed by atoms with Gasteiger partial charge < -0.3 is 15.3 Å². The molecule has 0 bridgehead atoms. The summed E-state index contributed by atoms with van der Waals surface area (Å²) < 4.78 is 38.6. The number of hydrogen-bond acceptors (Lipinski definition) is 3. The number of carbonyl (C=O) groups excluding carboxylic acids is 1. The largest absolute Gasteiger partial charge is 0.481 e. The summed E-state index contributed by atoms with van der Waals surface area (Å²) in [4.78, 5) is 23.9. The van der Waals surface area contributed by atoms with E-state index in [2.05, 4.69) is 11.4 Å². The fourth-order valence-corrected chi connectivity index (χ4v) is 3.09. The molecule has 0 aromatic carbocycles. The zero-order valence-electron chi connectivity index (χ0n) is 11.6. The lowest BCUT2D eigenvalue weighted by molar-refractivity contribution is -0.187. The van der Waals surface area contributed by atoms with Gasteiger partial charge in [0, 0.05) is 19.1 Å². The Kier molecular flexibility index (Phi) is 4.49. The van der Waals surface area contributed by atoms with Crippen LogP contribution in [0.25, 0.3) is 0 Å². The highest BCUT2D eigenvalue weighted by Crippen LogP contribution is 2.37. The van der Waals surface area contributed by atoms with Gasteiger partial charge in [-0.05, 0) is 19.3 Å². The van der Waals surface area contributed by atoms with E-state index in [1.54, 1.807) is 0 Å². The number of halogens is 3. The molecular weight excluding hydrogens is 303 g/mol. The molecule has 4 atom stereocenters. The molecule has 0 aromatic rings. The molecule has 1 saturated heterocycles. The standard InChI is InChI=1S/C13H16F3N3O3/c14-13(15,16)9-6-19(5-8(9)11(20)21)12(22)18-10-3-1-2-7(10)4-17/h7-10H,1-3,5-6H2,(H,18,22)(H,20,21)/t7?,8-,9-,10?/m1/s1. The molecular formula is C13H16F3N3O3. The summed E-state index contributed by atoms with van der Waals surface area (Å²) in [5.74, 6) is -5.62. The summed E-state index contributed by atoms with van der Waals surface area (Å²) in [6.07, 6.45) is -2.65. The Morgan fingerprint density at radius 3 is 2.45 bits per heavy atom. The molecule has 22 heavy (non-hydrogen) atoms. The van der Waals surface area contributed by atoms with E-state index < -0.39 is 43.1 Å². The Bertz CT molecular complexity index is 503. The van der Waals surface area contributed by atoms with Crippen LogP contribution in [0.1, 0.15) is 19.3 Å². The molecule has 122 valence electrons. The number of nitrogens with zero attached hydrogens (tertiary/aromatic N) is 2. The van der Waals surface area contributed by atoms with Crippen molar-refractivity contribution in [2.24, 2.45) is 17.8 Å². The fraction of sp³-hybridized carbons (Fsp3) is 0.769. The number of carboxylic acids is 1. The monoisotopic (exact) mass is 319 g/mol. The zero-order chi connectivity index (χ0) is 16.5. The topological polar surface area (TPSA) is 93.4 Å². The van der Waals surface area contributed by atoms with Crippen molar-refractivity contribution in [2.45, 2.75) is 31.5 Å². The number of urea groups is 1. The maximum absolute atomic E-state index is 12.9. The normalized spacial score (nSPS) is 31.8. The van der Waals surface area contributed by atoms with Crippen LogP contribution in [0.3, 0.4) is 0 Å². The highest BCUT2D eigenvalue weighted by molar-refractivity contribution is 5.78. The summed E-state index contributed by atoms with van der Waals surface area (Å²) in [6.45, 7) is -1.15. The molecule has 0 radical (unpaired) electrons. The van der Waals surface area contributed by atoms with Gasteiger partial charge in [-0.15, -0.1) is 0 Å². The van der Waals surface area contributed by atoms with Gasteiger partial charge in [0.05, 0.1) is 23.8 Å². The lowest BCUT2D eigenvalue weighted by Gasteiger charge is -2.22. The van der Waals surface area contributed by atoms with Crippen LogP contribution < -0.4 is 5.32 Å². The molecule has 2 amide bonds. The Hall–Kier alpha value is -1.98. The number of hydrogen-bond donors (Lipinski definition) is 2. The number of aliphatic carboxylic acids is 1. The highest BCUT2D eigenvalue weighted by Gasteiger charge is 2.53. The fourth-order valence-electron chi connectivity index (χ4n) is 3.09. The molecule has 2 N–H and O–H groups in total. The summed E-state index contributed by atoms with van der Waals surface area (Å²) in [5, 5.41) is 20.4. The second-order valence-electron chi connectivity index (χ2n) is 5.72. The number of amides is 2. The maximum atomic E-state index is 12.9. The average molecular weight is 319 g/mol. The first-order valence-electron chi connectivity index (χ1n) is 6.98. The number of alkyl halides is 3. The van der Waals surface area contributed by atoms with E-state index in [9.17, 15) is 22.8 Å². The summed E-state index contributed by atoms with van der Waals surface area (Å²) in [6, 6.07) is 0.948. The van der Waals surface area contributed by atoms with Crippen LogP contribution in [0.5, 0.6) is 0 Å². The second kappa shape index (κ2) is 6.02. The van der Waals surface area contributed by atoms with Crippen molar-refractivity contribution in [2.75, 3.05) is 13.1 Å². The number of nitrogens with one attached hydrogen (secondary N) is 1. The van der Waals surface area contributed by atoms with Crippen molar-refractivity contribution in [1.82, 2.24) is 10.2 Å². The van der Waals surface area contributed by atoms with Crippen LogP contribution in [-0.2, 0) is 4.79 Å². The van der Waals surface area contributed by atoms with E-state index >= 15 is 0 Å². The van der Waals surface area contributed by atoms with Crippen molar-refractivity contribution in [3.63, 3.8) is 0 Å². The molecule has 1 aliphatic heterocycles. The zero-order valence-corrected chi connectivity index (χ0v) is 11.6. The lowest BCUT2D eigenvalue weighted by atomic mass is 9.96. The molecule has 2 aliphatic rings. The molecule has 9 heteroatoms. The van der Waals surface area contributed by atoms with Crippen LogP contribution >= 0.6 is 0 Å². The average Bonchev–Trinajstić information content (AvgIpc) is 3.03. The molecule has 0 spiro atoms.